The fourth-order valence-corrected chi connectivity index (χ4v) is 4.22. The Morgan fingerprint density at radius 1 is 1.04 bits per heavy atom. The first kappa shape index (κ1) is 20.1. The van der Waals surface area contributed by atoms with Crippen LogP contribution in [0.4, 0.5) is 0 Å². The summed E-state index contributed by atoms with van der Waals surface area (Å²) in [6.07, 6.45) is 3.09. The van der Waals surface area contributed by atoms with Gasteiger partial charge in [0.15, 0.2) is 0 Å². The van der Waals surface area contributed by atoms with E-state index in [4.69, 9.17) is 21.3 Å². The lowest BCUT2D eigenvalue weighted by Crippen LogP contribution is -2.24. The molecule has 0 spiro atoms. The Kier molecular flexibility index (Phi) is 7.50. The number of aromatic nitrogens is 1. The van der Waals surface area contributed by atoms with E-state index >= 15 is 0 Å². The lowest BCUT2D eigenvalue weighted by molar-refractivity contribution is 0.266. The van der Waals surface area contributed by atoms with Crippen molar-refractivity contribution < 1.29 is 4.74 Å². The molecule has 3 aromatic rings. The van der Waals surface area contributed by atoms with Gasteiger partial charge in [0.2, 0.25) is 0 Å². The Morgan fingerprint density at radius 3 is 2.56 bits per heavy atom. The Labute approximate surface area is 170 Å². The van der Waals surface area contributed by atoms with E-state index in [-0.39, 0.29) is 0 Å². The number of benzene rings is 2. The van der Waals surface area contributed by atoms with E-state index in [1.54, 1.807) is 11.3 Å². The topological polar surface area (TPSA) is 25.4 Å². The van der Waals surface area contributed by atoms with Crippen LogP contribution in [0.15, 0.2) is 42.5 Å². The third kappa shape index (κ3) is 5.93. The third-order valence-electron chi connectivity index (χ3n) is 4.70. The summed E-state index contributed by atoms with van der Waals surface area (Å²) >= 11 is 7.69. The number of hydrogen-bond donors (Lipinski definition) is 0. The van der Waals surface area contributed by atoms with Crippen molar-refractivity contribution >= 4 is 33.2 Å². The molecule has 0 amide bonds. The lowest BCUT2D eigenvalue weighted by Gasteiger charge is -2.17. The Hall–Kier alpha value is -1.62. The molecule has 2 aromatic carbocycles. The predicted octanol–water partition coefficient (Wildman–Crippen LogP) is 6.04. The molecule has 3 rings (SSSR count). The highest BCUT2D eigenvalue weighted by Gasteiger charge is 2.07. The number of nitrogens with zero attached hydrogens (tertiary/aromatic N) is 2. The van der Waals surface area contributed by atoms with Crippen LogP contribution in [-0.2, 0) is 6.42 Å². The minimum atomic E-state index is 0.766. The third-order valence-corrected chi connectivity index (χ3v) is 5.97. The van der Waals surface area contributed by atoms with Crippen LogP contribution in [-0.4, -0.2) is 36.1 Å². The van der Waals surface area contributed by atoms with E-state index in [9.17, 15) is 0 Å². The average molecular weight is 403 g/mol. The molecule has 27 heavy (non-hydrogen) atoms. The van der Waals surface area contributed by atoms with E-state index in [1.807, 2.05) is 18.2 Å². The maximum Gasteiger partial charge on any atom is 0.120 e. The average Bonchev–Trinajstić information content (AvgIpc) is 3.08. The van der Waals surface area contributed by atoms with Crippen LogP contribution in [0.5, 0.6) is 5.75 Å². The monoisotopic (exact) mass is 402 g/mol. The normalized spacial score (nSPS) is 11.4. The van der Waals surface area contributed by atoms with E-state index in [0.29, 0.717) is 0 Å². The largest absolute Gasteiger partial charge is 0.494 e. The first-order valence-electron chi connectivity index (χ1n) is 9.67. The summed E-state index contributed by atoms with van der Waals surface area (Å²) in [7, 11) is 0. The number of ether oxygens (including phenoxy) is 1. The van der Waals surface area contributed by atoms with Gasteiger partial charge in [-0.1, -0.05) is 37.6 Å². The van der Waals surface area contributed by atoms with Crippen molar-refractivity contribution in [3.63, 3.8) is 0 Å². The molecule has 0 aliphatic rings. The molecule has 1 aromatic heterocycles. The molecule has 0 saturated heterocycles. The number of hydrogen-bond acceptors (Lipinski definition) is 4. The minimum Gasteiger partial charge on any atom is -0.494 e. The molecule has 0 bridgehead atoms. The number of thiazole rings is 1. The SMILES string of the molecule is CCN(CC)CCCCOc1ccc2nc(Cc3ccc(Cl)cc3)sc2c1. The summed E-state index contributed by atoms with van der Waals surface area (Å²) in [4.78, 5) is 7.19. The summed E-state index contributed by atoms with van der Waals surface area (Å²) in [5.74, 6) is 0.937. The van der Waals surface area contributed by atoms with Crippen LogP contribution < -0.4 is 4.74 Å². The molecule has 144 valence electrons. The molecule has 0 fully saturated rings. The maximum atomic E-state index is 5.96. The molecule has 5 heteroatoms. The molecule has 0 aliphatic heterocycles. The molecule has 0 unspecified atom stereocenters. The van der Waals surface area contributed by atoms with Gasteiger partial charge < -0.3 is 9.64 Å². The second-order valence-corrected chi connectivity index (χ2v) is 8.17. The molecular formula is C22H27ClN2OS. The van der Waals surface area contributed by atoms with E-state index in [1.165, 1.54) is 16.7 Å². The zero-order valence-electron chi connectivity index (χ0n) is 16.1. The lowest BCUT2D eigenvalue weighted by atomic mass is 10.2. The van der Waals surface area contributed by atoms with Gasteiger partial charge in [0, 0.05) is 11.4 Å². The fraction of sp³-hybridized carbons (Fsp3) is 0.409. The van der Waals surface area contributed by atoms with Crippen molar-refractivity contribution in [2.75, 3.05) is 26.2 Å². The van der Waals surface area contributed by atoms with E-state index in [0.717, 1.165) is 60.4 Å². The summed E-state index contributed by atoms with van der Waals surface area (Å²) in [5, 5.41) is 1.88. The first-order valence-corrected chi connectivity index (χ1v) is 10.9. The highest BCUT2D eigenvalue weighted by atomic mass is 35.5. The number of fused-ring (bicyclic) bond motifs is 1. The second-order valence-electron chi connectivity index (χ2n) is 6.62. The molecular weight excluding hydrogens is 376 g/mol. The molecule has 0 radical (unpaired) electrons. The van der Waals surface area contributed by atoms with Gasteiger partial charge in [-0.3, -0.25) is 0 Å². The van der Waals surface area contributed by atoms with Crippen molar-refractivity contribution in [1.82, 2.24) is 9.88 Å². The van der Waals surface area contributed by atoms with Crippen LogP contribution in [0.2, 0.25) is 5.02 Å². The smallest absolute Gasteiger partial charge is 0.120 e. The second kappa shape index (κ2) is 10.1. The van der Waals surface area contributed by atoms with Crippen LogP contribution in [0.1, 0.15) is 37.3 Å². The number of halogens is 1. The summed E-state index contributed by atoms with van der Waals surface area (Å²) in [6.45, 7) is 8.59. The Bertz CT molecular complexity index is 843. The van der Waals surface area contributed by atoms with E-state index < -0.39 is 0 Å². The van der Waals surface area contributed by atoms with Crippen molar-refractivity contribution in [2.45, 2.75) is 33.1 Å². The Balaban J connectivity index is 1.53. The van der Waals surface area contributed by atoms with E-state index in [2.05, 4.69) is 43.0 Å². The van der Waals surface area contributed by atoms with Crippen LogP contribution in [0.25, 0.3) is 10.2 Å². The number of unbranched alkanes of at least 4 members (excludes halogenated alkanes) is 1. The van der Waals surface area contributed by atoms with Crippen molar-refractivity contribution in [3.8, 4) is 5.75 Å². The van der Waals surface area contributed by atoms with Crippen LogP contribution in [0.3, 0.4) is 0 Å². The molecule has 3 nitrogen and oxygen atoms in total. The fourth-order valence-electron chi connectivity index (χ4n) is 3.06. The zero-order valence-corrected chi connectivity index (χ0v) is 17.7. The van der Waals surface area contributed by atoms with Crippen LogP contribution >= 0.6 is 22.9 Å². The van der Waals surface area contributed by atoms with Gasteiger partial charge in [-0.05, 0) is 68.4 Å². The predicted molar refractivity (Wildman–Crippen MR) is 116 cm³/mol. The highest BCUT2D eigenvalue weighted by molar-refractivity contribution is 7.18. The standard InChI is InChI=1S/C22H27ClN2OS/c1-3-25(4-2)13-5-6-14-26-19-11-12-20-21(16-19)27-22(24-20)15-17-7-9-18(23)10-8-17/h7-12,16H,3-6,13-15H2,1-2H3. The summed E-state index contributed by atoms with van der Waals surface area (Å²) in [6, 6.07) is 14.2. The van der Waals surface area contributed by atoms with Gasteiger partial charge >= 0.3 is 0 Å². The maximum absolute atomic E-state index is 5.96. The molecule has 0 saturated carbocycles. The van der Waals surface area contributed by atoms with Gasteiger partial charge in [-0.25, -0.2) is 4.98 Å². The highest BCUT2D eigenvalue weighted by Crippen LogP contribution is 2.28. The molecule has 1 heterocycles. The van der Waals surface area contributed by atoms with Crippen molar-refractivity contribution in [1.29, 1.82) is 0 Å². The van der Waals surface area contributed by atoms with Crippen LogP contribution in [0, 0.1) is 0 Å². The Morgan fingerprint density at radius 2 is 1.81 bits per heavy atom. The van der Waals surface area contributed by atoms with Gasteiger partial charge in [-0.15, -0.1) is 11.3 Å². The van der Waals surface area contributed by atoms with Crippen molar-refractivity contribution in [3.05, 3.63) is 58.1 Å². The van der Waals surface area contributed by atoms with Gasteiger partial charge in [-0.2, -0.15) is 0 Å². The van der Waals surface area contributed by atoms with Gasteiger partial charge in [0.25, 0.3) is 0 Å². The van der Waals surface area contributed by atoms with Gasteiger partial charge in [0.1, 0.15) is 5.75 Å². The van der Waals surface area contributed by atoms with Crippen molar-refractivity contribution in [2.24, 2.45) is 0 Å². The molecule has 0 atom stereocenters. The summed E-state index contributed by atoms with van der Waals surface area (Å²) in [5.41, 5.74) is 2.26. The summed E-state index contributed by atoms with van der Waals surface area (Å²) < 4.78 is 7.13. The first-order chi connectivity index (χ1) is 13.2. The quantitative estimate of drug-likeness (QED) is 0.386. The number of rotatable bonds is 10. The van der Waals surface area contributed by atoms with Gasteiger partial charge in [0.05, 0.1) is 21.8 Å². The zero-order chi connectivity index (χ0) is 19.1. The molecule has 0 aliphatic carbocycles. The molecule has 0 N–H and O–H groups in total. The minimum absolute atomic E-state index is 0.766.